The topological polar surface area (TPSA) is 102 Å². The van der Waals surface area contributed by atoms with Crippen LogP contribution >= 0.6 is 34.7 Å². The molecule has 0 aliphatic carbocycles. The number of ketones is 1. The van der Waals surface area contributed by atoms with Crippen molar-refractivity contribution in [1.82, 2.24) is 10.2 Å². The Morgan fingerprint density at radius 3 is 2.61 bits per heavy atom. The summed E-state index contributed by atoms with van der Waals surface area (Å²) in [7, 11) is 1.56. The normalized spacial score (nSPS) is 19.3. The van der Waals surface area contributed by atoms with Crippen LogP contribution in [0.5, 0.6) is 11.5 Å². The summed E-state index contributed by atoms with van der Waals surface area (Å²) in [6, 6.07) is 18.9. The van der Waals surface area contributed by atoms with Gasteiger partial charge in [-0.25, -0.2) is 0 Å². The van der Waals surface area contributed by atoms with E-state index in [1.54, 1.807) is 43.5 Å². The van der Waals surface area contributed by atoms with Crippen LogP contribution in [0.25, 0.3) is 5.76 Å². The van der Waals surface area contributed by atoms with Crippen molar-refractivity contribution in [3.8, 4) is 11.5 Å². The average molecular weight is 606 g/mol. The number of thioether (sulfide) groups is 1. The van der Waals surface area contributed by atoms with E-state index >= 15 is 0 Å². The summed E-state index contributed by atoms with van der Waals surface area (Å²) in [4.78, 5) is 28.4. The Labute approximate surface area is 249 Å². The average Bonchev–Trinajstić information content (AvgIpc) is 3.67. The van der Waals surface area contributed by atoms with E-state index in [1.807, 2.05) is 37.3 Å². The van der Waals surface area contributed by atoms with Crippen LogP contribution in [-0.2, 0) is 21.8 Å². The number of rotatable bonds is 7. The number of halogens is 1. The molecule has 8 nitrogen and oxygen atoms in total. The van der Waals surface area contributed by atoms with E-state index in [1.165, 1.54) is 28.0 Å². The van der Waals surface area contributed by atoms with E-state index in [2.05, 4.69) is 10.2 Å². The second kappa shape index (κ2) is 11.2. The lowest BCUT2D eigenvalue weighted by Gasteiger charge is -2.22. The van der Waals surface area contributed by atoms with Crippen molar-refractivity contribution in [3.05, 3.63) is 99.6 Å². The third kappa shape index (κ3) is 5.30. The maximum atomic E-state index is 13.5. The van der Waals surface area contributed by atoms with Gasteiger partial charge in [0.1, 0.15) is 23.4 Å². The Bertz CT molecular complexity index is 1670. The molecular weight excluding hydrogens is 582 g/mol. The number of aliphatic hydroxyl groups is 1. The number of aliphatic hydroxyl groups excluding tert-OH is 1. The molecule has 0 radical (unpaired) electrons. The molecule has 11 heteroatoms. The molecule has 6 rings (SSSR count). The highest BCUT2D eigenvalue weighted by molar-refractivity contribution is 8.00. The second-order valence-electron chi connectivity index (χ2n) is 9.66. The number of fused-ring (bicyclic) bond motifs is 1. The van der Waals surface area contributed by atoms with E-state index in [-0.39, 0.29) is 22.6 Å². The molecule has 2 atom stereocenters. The Hall–Kier alpha value is -3.86. The highest BCUT2D eigenvalue weighted by Gasteiger charge is 2.48. The first-order chi connectivity index (χ1) is 19.8. The van der Waals surface area contributed by atoms with Crippen LogP contribution in [-0.4, -0.2) is 40.2 Å². The van der Waals surface area contributed by atoms with Gasteiger partial charge < -0.3 is 14.6 Å². The summed E-state index contributed by atoms with van der Waals surface area (Å²) in [5, 5.41) is 21.0. The summed E-state index contributed by atoms with van der Waals surface area (Å²) in [6.07, 6.45) is 0.713. The minimum Gasteiger partial charge on any atom is -0.507 e. The molecule has 3 heterocycles. The molecule has 1 aromatic heterocycles. The molecule has 0 spiro atoms. The maximum absolute atomic E-state index is 13.5. The van der Waals surface area contributed by atoms with Gasteiger partial charge in [0.15, 0.2) is 4.34 Å². The summed E-state index contributed by atoms with van der Waals surface area (Å²) < 4.78 is 11.7. The minimum atomic E-state index is -0.911. The fourth-order valence-electron chi connectivity index (χ4n) is 4.94. The van der Waals surface area contributed by atoms with Crippen molar-refractivity contribution in [2.24, 2.45) is 0 Å². The van der Waals surface area contributed by atoms with Gasteiger partial charge in [0.05, 0.1) is 18.7 Å². The molecule has 1 saturated heterocycles. The number of carbonyl (C=O) groups excluding carboxylic acids is 2. The quantitative estimate of drug-likeness (QED) is 0.0844. The molecule has 1 amide bonds. The summed E-state index contributed by atoms with van der Waals surface area (Å²) in [5.74, 6) is 0.174. The van der Waals surface area contributed by atoms with Crippen LogP contribution in [0.2, 0.25) is 5.02 Å². The number of hydrogen-bond donors (Lipinski definition) is 1. The molecule has 1 fully saturated rings. The number of Topliss-reactive ketones (excluding diaryl/α,β-unsaturated/α-hetero) is 1. The first kappa shape index (κ1) is 27.3. The maximum Gasteiger partial charge on any atom is 0.301 e. The predicted molar refractivity (Wildman–Crippen MR) is 159 cm³/mol. The summed E-state index contributed by atoms with van der Waals surface area (Å²) >= 11 is 8.67. The fourth-order valence-corrected chi connectivity index (χ4v) is 6.89. The van der Waals surface area contributed by atoms with Gasteiger partial charge in [0.25, 0.3) is 5.78 Å². The van der Waals surface area contributed by atoms with Crippen molar-refractivity contribution in [1.29, 1.82) is 0 Å². The van der Waals surface area contributed by atoms with Gasteiger partial charge in [-0.3, -0.25) is 14.5 Å². The number of amides is 1. The molecular formula is C30H24ClN3O5S2. The number of ether oxygens (including phenoxy) is 2. The molecule has 3 aromatic carbocycles. The number of hydrogen-bond acceptors (Lipinski definition) is 9. The Morgan fingerprint density at radius 2 is 1.88 bits per heavy atom. The van der Waals surface area contributed by atoms with Gasteiger partial charge in [-0.05, 0) is 66.1 Å². The molecule has 41 heavy (non-hydrogen) atoms. The van der Waals surface area contributed by atoms with Crippen LogP contribution in [0, 0.1) is 0 Å². The molecule has 0 bridgehead atoms. The largest absolute Gasteiger partial charge is 0.507 e. The Morgan fingerprint density at radius 1 is 1.12 bits per heavy atom. The number of aromatic nitrogens is 2. The van der Waals surface area contributed by atoms with Crippen LogP contribution < -0.4 is 14.4 Å². The third-order valence-corrected chi connectivity index (χ3v) is 9.30. The monoisotopic (exact) mass is 605 g/mol. The highest BCUT2D eigenvalue weighted by atomic mass is 35.5. The number of methoxy groups -OCH3 is 1. The lowest BCUT2D eigenvalue weighted by molar-refractivity contribution is -0.132. The lowest BCUT2D eigenvalue weighted by Crippen LogP contribution is -2.29. The lowest BCUT2D eigenvalue weighted by atomic mass is 9.94. The van der Waals surface area contributed by atoms with E-state index in [9.17, 15) is 14.7 Å². The number of carbonyl (C=O) groups is 2. The Balaban J connectivity index is 1.38. The van der Waals surface area contributed by atoms with Gasteiger partial charge in [-0.2, -0.15) is 0 Å². The molecule has 1 N–H and O–H groups in total. The van der Waals surface area contributed by atoms with Crippen molar-refractivity contribution >= 4 is 57.3 Å². The van der Waals surface area contributed by atoms with Crippen LogP contribution in [0.15, 0.2) is 76.6 Å². The molecule has 2 aliphatic rings. The van der Waals surface area contributed by atoms with E-state index in [0.29, 0.717) is 38.4 Å². The first-order valence-corrected chi connectivity index (χ1v) is 15.0. The van der Waals surface area contributed by atoms with Gasteiger partial charge >= 0.3 is 5.91 Å². The number of anilines is 1. The van der Waals surface area contributed by atoms with Gasteiger partial charge in [-0.1, -0.05) is 59.0 Å². The van der Waals surface area contributed by atoms with Crippen molar-refractivity contribution < 1.29 is 24.2 Å². The first-order valence-electron chi connectivity index (χ1n) is 12.8. The zero-order valence-electron chi connectivity index (χ0n) is 22.0. The van der Waals surface area contributed by atoms with Crippen molar-refractivity contribution in [2.45, 2.75) is 35.6 Å². The third-order valence-electron chi connectivity index (χ3n) is 6.92. The summed E-state index contributed by atoms with van der Waals surface area (Å²) in [6.45, 7) is 1.97. The summed E-state index contributed by atoms with van der Waals surface area (Å²) in [5.41, 5.74) is 3.04. The van der Waals surface area contributed by atoms with E-state index in [0.717, 1.165) is 16.9 Å². The van der Waals surface area contributed by atoms with Crippen molar-refractivity contribution in [2.75, 3.05) is 12.0 Å². The highest BCUT2D eigenvalue weighted by Crippen LogP contribution is 2.45. The zero-order chi connectivity index (χ0) is 28.7. The standard InChI is InChI=1S/C30H24ClN3O5S2/c1-16-13-20-14-19(7-12-23(20)39-16)26(35)24-25(18-5-10-22(38-2)11-6-18)34(28(37)27(24)36)29-32-33-30(41-29)40-15-17-3-8-21(31)9-4-17/h3-12,14,16,25,35H,13,15H2,1-2H3/b26-24-. The Kier molecular flexibility index (Phi) is 7.46. The van der Waals surface area contributed by atoms with Crippen LogP contribution in [0.4, 0.5) is 5.13 Å². The molecule has 208 valence electrons. The second-order valence-corrected chi connectivity index (χ2v) is 12.3. The molecule has 2 aliphatic heterocycles. The fraction of sp³-hybridized carbons (Fsp3) is 0.200. The minimum absolute atomic E-state index is 0.0161. The molecule has 2 unspecified atom stereocenters. The smallest absolute Gasteiger partial charge is 0.301 e. The molecule has 0 saturated carbocycles. The van der Waals surface area contributed by atoms with E-state index in [4.69, 9.17) is 21.1 Å². The van der Waals surface area contributed by atoms with Crippen molar-refractivity contribution in [3.63, 3.8) is 0 Å². The van der Waals surface area contributed by atoms with Gasteiger partial charge in [0.2, 0.25) is 5.13 Å². The number of nitrogens with zero attached hydrogens (tertiary/aromatic N) is 3. The van der Waals surface area contributed by atoms with Gasteiger partial charge in [-0.15, -0.1) is 10.2 Å². The van der Waals surface area contributed by atoms with Gasteiger partial charge in [0, 0.05) is 22.8 Å². The van der Waals surface area contributed by atoms with E-state index < -0.39 is 17.7 Å². The number of benzene rings is 3. The molecule has 4 aromatic rings. The van der Waals surface area contributed by atoms with Crippen LogP contribution in [0.3, 0.4) is 0 Å². The zero-order valence-corrected chi connectivity index (χ0v) is 24.4. The SMILES string of the molecule is COc1ccc(C2/C(=C(/O)c3ccc4c(c3)CC(C)O4)C(=O)C(=O)N2c2nnc(SCc3ccc(Cl)cc3)s2)cc1. The predicted octanol–water partition coefficient (Wildman–Crippen LogP) is 6.44. The van der Waals surface area contributed by atoms with Crippen LogP contribution in [0.1, 0.15) is 35.2 Å².